The monoisotopic (exact) mass is 213 g/mol. The molecule has 0 heterocycles. The largest absolute Gasteiger partial charge is 0.465 e. The molecule has 4 nitrogen and oxygen atoms in total. The number of allylic oxidation sites excluding steroid dienone is 1. The summed E-state index contributed by atoms with van der Waals surface area (Å²) in [5.41, 5.74) is 0. The normalized spacial score (nSPS) is 10.7. The van der Waals surface area contributed by atoms with E-state index < -0.39 is 0 Å². The molecule has 0 aliphatic heterocycles. The minimum atomic E-state index is -0.371. The van der Waals surface area contributed by atoms with Crippen molar-refractivity contribution >= 4 is 11.9 Å². The standard InChI is InChI=1S/C11H19NO3/c1-5-7-10(13)12(9(3)4)8-11(14)15-6-2/h5,7,9H,6,8H2,1-4H3. The molecule has 86 valence electrons. The third-order valence-corrected chi connectivity index (χ3v) is 1.82. The van der Waals surface area contributed by atoms with Crippen LogP contribution in [0.1, 0.15) is 27.7 Å². The molecule has 1 amide bonds. The number of ether oxygens (including phenoxy) is 1. The number of esters is 1. The van der Waals surface area contributed by atoms with E-state index in [-0.39, 0.29) is 24.5 Å². The van der Waals surface area contributed by atoms with Crippen molar-refractivity contribution in [3.8, 4) is 0 Å². The highest BCUT2D eigenvalue weighted by molar-refractivity contribution is 5.90. The summed E-state index contributed by atoms with van der Waals surface area (Å²) in [4.78, 5) is 24.3. The van der Waals surface area contributed by atoms with Crippen LogP contribution in [0, 0.1) is 0 Å². The molecule has 0 rings (SSSR count). The Kier molecular flexibility index (Phi) is 6.42. The summed E-state index contributed by atoms with van der Waals surface area (Å²) in [5, 5.41) is 0. The van der Waals surface area contributed by atoms with Gasteiger partial charge in [-0.25, -0.2) is 0 Å². The van der Waals surface area contributed by atoms with E-state index >= 15 is 0 Å². The second kappa shape index (κ2) is 7.04. The van der Waals surface area contributed by atoms with Gasteiger partial charge in [-0.15, -0.1) is 0 Å². The van der Waals surface area contributed by atoms with Crippen molar-refractivity contribution in [3.63, 3.8) is 0 Å². The number of hydrogen-bond acceptors (Lipinski definition) is 3. The summed E-state index contributed by atoms with van der Waals surface area (Å²) < 4.78 is 4.79. The van der Waals surface area contributed by atoms with E-state index in [9.17, 15) is 9.59 Å². The topological polar surface area (TPSA) is 46.6 Å². The van der Waals surface area contributed by atoms with Crippen LogP contribution in [-0.4, -0.2) is 36.0 Å². The summed E-state index contributed by atoms with van der Waals surface area (Å²) >= 11 is 0. The lowest BCUT2D eigenvalue weighted by Crippen LogP contribution is -2.40. The van der Waals surface area contributed by atoms with Crippen LogP contribution in [0.15, 0.2) is 12.2 Å². The molecule has 0 aromatic carbocycles. The van der Waals surface area contributed by atoms with E-state index in [1.165, 1.54) is 11.0 Å². The summed E-state index contributed by atoms with van der Waals surface area (Å²) in [6.45, 7) is 7.57. The Morgan fingerprint density at radius 1 is 1.40 bits per heavy atom. The van der Waals surface area contributed by atoms with Gasteiger partial charge in [0.1, 0.15) is 6.54 Å². The third-order valence-electron chi connectivity index (χ3n) is 1.82. The number of amides is 1. The first-order chi connectivity index (χ1) is 7.02. The van der Waals surface area contributed by atoms with Crippen LogP contribution in [-0.2, 0) is 14.3 Å². The molecular weight excluding hydrogens is 194 g/mol. The van der Waals surface area contributed by atoms with E-state index in [1.807, 2.05) is 13.8 Å². The average Bonchev–Trinajstić information content (AvgIpc) is 2.14. The van der Waals surface area contributed by atoms with Crippen molar-refractivity contribution in [1.82, 2.24) is 4.90 Å². The fourth-order valence-electron chi connectivity index (χ4n) is 1.10. The van der Waals surface area contributed by atoms with Crippen LogP contribution in [0.2, 0.25) is 0 Å². The lowest BCUT2D eigenvalue weighted by atomic mass is 10.3. The maximum Gasteiger partial charge on any atom is 0.325 e. The molecule has 0 aliphatic rings. The summed E-state index contributed by atoms with van der Waals surface area (Å²) in [5.74, 6) is -0.537. The predicted molar refractivity (Wildman–Crippen MR) is 58.3 cm³/mol. The van der Waals surface area contributed by atoms with E-state index in [0.717, 1.165) is 0 Å². The molecule has 15 heavy (non-hydrogen) atoms. The Morgan fingerprint density at radius 2 is 2.00 bits per heavy atom. The average molecular weight is 213 g/mol. The highest BCUT2D eigenvalue weighted by Gasteiger charge is 2.18. The zero-order chi connectivity index (χ0) is 11.8. The van der Waals surface area contributed by atoms with E-state index in [2.05, 4.69) is 0 Å². The molecule has 4 heteroatoms. The van der Waals surface area contributed by atoms with Crippen LogP contribution >= 0.6 is 0 Å². The Morgan fingerprint density at radius 3 is 2.40 bits per heavy atom. The van der Waals surface area contributed by atoms with Gasteiger partial charge in [0.15, 0.2) is 0 Å². The van der Waals surface area contributed by atoms with Gasteiger partial charge in [-0.1, -0.05) is 6.08 Å². The Bertz CT molecular complexity index is 246. The minimum absolute atomic E-state index is 0.00861. The highest BCUT2D eigenvalue weighted by atomic mass is 16.5. The van der Waals surface area contributed by atoms with Gasteiger partial charge in [0.05, 0.1) is 6.61 Å². The number of rotatable bonds is 5. The van der Waals surface area contributed by atoms with Crippen molar-refractivity contribution in [3.05, 3.63) is 12.2 Å². The number of carbonyl (C=O) groups is 2. The van der Waals surface area contributed by atoms with Crippen molar-refractivity contribution in [2.75, 3.05) is 13.2 Å². The van der Waals surface area contributed by atoms with Crippen LogP contribution < -0.4 is 0 Å². The number of hydrogen-bond donors (Lipinski definition) is 0. The van der Waals surface area contributed by atoms with Gasteiger partial charge in [-0.2, -0.15) is 0 Å². The molecule has 0 saturated carbocycles. The second-order valence-corrected chi connectivity index (χ2v) is 3.36. The number of carbonyl (C=O) groups excluding carboxylic acids is 2. The molecule has 0 atom stereocenters. The van der Waals surface area contributed by atoms with Gasteiger partial charge in [0.25, 0.3) is 0 Å². The summed E-state index contributed by atoms with van der Waals surface area (Å²) in [6.07, 6.45) is 3.10. The maximum absolute atomic E-state index is 11.6. The lowest BCUT2D eigenvalue weighted by Gasteiger charge is -2.24. The molecule has 0 aromatic heterocycles. The van der Waals surface area contributed by atoms with Crippen LogP contribution in [0.3, 0.4) is 0 Å². The molecule has 0 fully saturated rings. The molecule has 0 saturated heterocycles. The van der Waals surface area contributed by atoms with Gasteiger partial charge in [0.2, 0.25) is 5.91 Å². The molecule has 0 aromatic rings. The number of nitrogens with zero attached hydrogens (tertiary/aromatic N) is 1. The molecule has 0 radical (unpaired) electrons. The quantitative estimate of drug-likeness (QED) is 0.511. The van der Waals surface area contributed by atoms with Gasteiger partial charge in [-0.3, -0.25) is 9.59 Å². The Hall–Kier alpha value is -1.32. The van der Waals surface area contributed by atoms with Crippen LogP contribution in [0.5, 0.6) is 0 Å². The van der Waals surface area contributed by atoms with E-state index in [1.54, 1.807) is 19.9 Å². The fraction of sp³-hybridized carbons (Fsp3) is 0.636. The lowest BCUT2D eigenvalue weighted by molar-refractivity contribution is -0.148. The van der Waals surface area contributed by atoms with Crippen molar-refractivity contribution in [2.24, 2.45) is 0 Å². The molecule has 0 unspecified atom stereocenters. The first-order valence-electron chi connectivity index (χ1n) is 5.11. The zero-order valence-electron chi connectivity index (χ0n) is 9.82. The first-order valence-corrected chi connectivity index (χ1v) is 5.11. The van der Waals surface area contributed by atoms with Gasteiger partial charge < -0.3 is 9.64 Å². The molecule has 0 bridgehead atoms. The molecule has 0 spiro atoms. The molecular formula is C11H19NO3. The van der Waals surface area contributed by atoms with Gasteiger partial charge >= 0.3 is 5.97 Å². The van der Waals surface area contributed by atoms with Gasteiger partial charge in [-0.05, 0) is 33.8 Å². The summed E-state index contributed by atoms with van der Waals surface area (Å²) in [7, 11) is 0. The van der Waals surface area contributed by atoms with Crippen molar-refractivity contribution in [1.29, 1.82) is 0 Å². The predicted octanol–water partition coefficient (Wildman–Crippen LogP) is 1.36. The van der Waals surface area contributed by atoms with Crippen molar-refractivity contribution < 1.29 is 14.3 Å². The second-order valence-electron chi connectivity index (χ2n) is 3.36. The first kappa shape index (κ1) is 13.7. The maximum atomic E-state index is 11.6. The van der Waals surface area contributed by atoms with Crippen LogP contribution in [0.4, 0.5) is 0 Å². The van der Waals surface area contributed by atoms with Crippen molar-refractivity contribution in [2.45, 2.75) is 33.7 Å². The zero-order valence-corrected chi connectivity index (χ0v) is 9.82. The smallest absolute Gasteiger partial charge is 0.325 e. The summed E-state index contributed by atoms with van der Waals surface area (Å²) in [6, 6.07) is -0.0156. The minimum Gasteiger partial charge on any atom is -0.465 e. The third kappa shape index (κ3) is 5.20. The Balaban J connectivity index is 4.41. The fourth-order valence-corrected chi connectivity index (χ4v) is 1.10. The molecule has 0 aliphatic carbocycles. The van der Waals surface area contributed by atoms with E-state index in [0.29, 0.717) is 6.61 Å². The Labute approximate surface area is 90.9 Å². The van der Waals surface area contributed by atoms with Gasteiger partial charge in [0, 0.05) is 6.04 Å². The van der Waals surface area contributed by atoms with Crippen LogP contribution in [0.25, 0.3) is 0 Å². The van der Waals surface area contributed by atoms with E-state index in [4.69, 9.17) is 4.74 Å². The SMILES string of the molecule is CC=CC(=O)N(CC(=O)OCC)C(C)C. The molecule has 0 N–H and O–H groups in total. The highest BCUT2D eigenvalue weighted by Crippen LogP contribution is 2.00.